The van der Waals surface area contributed by atoms with Gasteiger partial charge in [0.05, 0.1) is 11.9 Å². The van der Waals surface area contributed by atoms with E-state index in [1.165, 1.54) is 0 Å². The van der Waals surface area contributed by atoms with Crippen LogP contribution in [-0.4, -0.2) is 26.1 Å². The molecule has 17 heavy (non-hydrogen) atoms. The van der Waals surface area contributed by atoms with Crippen molar-refractivity contribution in [1.82, 2.24) is 24.8 Å². The summed E-state index contributed by atoms with van der Waals surface area (Å²) < 4.78 is 1.85. The summed E-state index contributed by atoms with van der Waals surface area (Å²) in [6.45, 7) is 6.09. The SMILES string of the molecule is CC(C)CNCc1cncc(-n2ccnc2)n1. The summed E-state index contributed by atoms with van der Waals surface area (Å²) in [7, 11) is 0. The summed E-state index contributed by atoms with van der Waals surface area (Å²) in [5.41, 5.74) is 0.942. The molecule has 2 aromatic heterocycles. The molecule has 2 heterocycles. The van der Waals surface area contributed by atoms with Gasteiger partial charge in [0.1, 0.15) is 6.33 Å². The molecule has 0 amide bonds. The topological polar surface area (TPSA) is 55.6 Å². The van der Waals surface area contributed by atoms with Crippen molar-refractivity contribution in [2.75, 3.05) is 6.54 Å². The van der Waals surface area contributed by atoms with Crippen LogP contribution in [0.1, 0.15) is 19.5 Å². The third kappa shape index (κ3) is 3.35. The molecular formula is C12H17N5. The van der Waals surface area contributed by atoms with Gasteiger partial charge in [0.25, 0.3) is 0 Å². The first kappa shape index (κ1) is 11.7. The molecule has 0 aliphatic rings. The Morgan fingerprint density at radius 2 is 2.18 bits per heavy atom. The molecule has 0 fully saturated rings. The molecule has 0 atom stereocenters. The monoisotopic (exact) mass is 231 g/mol. The molecule has 2 aromatic rings. The van der Waals surface area contributed by atoms with Crippen LogP contribution < -0.4 is 5.32 Å². The third-order valence-electron chi connectivity index (χ3n) is 2.30. The molecule has 0 saturated carbocycles. The molecule has 0 aliphatic heterocycles. The first-order chi connectivity index (χ1) is 8.25. The van der Waals surface area contributed by atoms with Crippen molar-refractivity contribution in [1.29, 1.82) is 0 Å². The molecule has 0 radical (unpaired) electrons. The maximum Gasteiger partial charge on any atom is 0.156 e. The molecule has 1 N–H and O–H groups in total. The molecule has 90 valence electrons. The van der Waals surface area contributed by atoms with Gasteiger partial charge in [0.2, 0.25) is 0 Å². The van der Waals surface area contributed by atoms with Crippen LogP contribution in [0.25, 0.3) is 5.82 Å². The maximum absolute atomic E-state index is 4.51. The first-order valence-corrected chi connectivity index (χ1v) is 5.75. The highest BCUT2D eigenvalue weighted by atomic mass is 15.1. The fourth-order valence-corrected chi connectivity index (χ4v) is 1.49. The molecule has 0 aliphatic carbocycles. The van der Waals surface area contributed by atoms with Crippen LogP contribution in [0, 0.1) is 5.92 Å². The Morgan fingerprint density at radius 1 is 1.29 bits per heavy atom. The van der Waals surface area contributed by atoms with Crippen LogP contribution >= 0.6 is 0 Å². The van der Waals surface area contributed by atoms with Crippen molar-refractivity contribution in [2.24, 2.45) is 5.92 Å². The average Bonchev–Trinajstić information content (AvgIpc) is 2.82. The van der Waals surface area contributed by atoms with Gasteiger partial charge in [0, 0.05) is 25.1 Å². The predicted molar refractivity (Wildman–Crippen MR) is 65.7 cm³/mol. The van der Waals surface area contributed by atoms with E-state index in [1.54, 1.807) is 24.9 Å². The van der Waals surface area contributed by atoms with Crippen molar-refractivity contribution in [2.45, 2.75) is 20.4 Å². The van der Waals surface area contributed by atoms with Gasteiger partial charge in [-0.3, -0.25) is 9.55 Å². The van der Waals surface area contributed by atoms with Gasteiger partial charge in [-0.05, 0) is 12.5 Å². The van der Waals surface area contributed by atoms with Crippen molar-refractivity contribution in [3.63, 3.8) is 0 Å². The van der Waals surface area contributed by atoms with Crippen LogP contribution in [0.4, 0.5) is 0 Å². The van der Waals surface area contributed by atoms with Crippen molar-refractivity contribution < 1.29 is 0 Å². The standard InChI is InChI=1S/C12H17N5/c1-10(2)5-14-6-11-7-15-8-12(16-11)17-4-3-13-9-17/h3-4,7-10,14H,5-6H2,1-2H3. The molecule has 0 bridgehead atoms. The van der Waals surface area contributed by atoms with Crippen LogP contribution in [0.2, 0.25) is 0 Å². The Bertz CT molecular complexity index is 450. The molecular weight excluding hydrogens is 214 g/mol. The van der Waals surface area contributed by atoms with Gasteiger partial charge < -0.3 is 5.32 Å². The lowest BCUT2D eigenvalue weighted by atomic mass is 10.2. The Labute approximate surface area is 101 Å². The minimum atomic E-state index is 0.639. The molecule has 0 aromatic carbocycles. The van der Waals surface area contributed by atoms with Crippen LogP contribution in [0.15, 0.2) is 31.1 Å². The van der Waals surface area contributed by atoms with E-state index in [1.807, 2.05) is 10.8 Å². The maximum atomic E-state index is 4.51. The van der Waals surface area contributed by atoms with Gasteiger partial charge >= 0.3 is 0 Å². The van der Waals surface area contributed by atoms with Crippen LogP contribution in [-0.2, 0) is 6.54 Å². The van der Waals surface area contributed by atoms with E-state index in [4.69, 9.17) is 0 Å². The number of nitrogens with zero attached hydrogens (tertiary/aromatic N) is 4. The highest BCUT2D eigenvalue weighted by molar-refractivity contribution is 5.19. The highest BCUT2D eigenvalue weighted by Crippen LogP contribution is 2.02. The van der Waals surface area contributed by atoms with Gasteiger partial charge in [-0.15, -0.1) is 0 Å². The van der Waals surface area contributed by atoms with Gasteiger partial charge in [-0.1, -0.05) is 13.8 Å². The zero-order valence-electron chi connectivity index (χ0n) is 10.2. The Hall–Kier alpha value is -1.75. The van der Waals surface area contributed by atoms with Gasteiger partial charge in [-0.25, -0.2) is 9.97 Å². The average molecular weight is 231 g/mol. The van der Waals surface area contributed by atoms with Crippen molar-refractivity contribution in [3.05, 3.63) is 36.8 Å². The molecule has 0 unspecified atom stereocenters. The summed E-state index contributed by atoms with van der Waals surface area (Å²) in [4.78, 5) is 12.7. The van der Waals surface area contributed by atoms with E-state index in [9.17, 15) is 0 Å². The second-order valence-electron chi connectivity index (χ2n) is 4.36. The fraction of sp³-hybridized carbons (Fsp3) is 0.417. The van der Waals surface area contributed by atoms with Gasteiger partial charge in [-0.2, -0.15) is 0 Å². The molecule has 0 spiro atoms. The predicted octanol–water partition coefficient (Wildman–Crippen LogP) is 1.41. The van der Waals surface area contributed by atoms with E-state index in [-0.39, 0.29) is 0 Å². The number of aromatic nitrogens is 4. The molecule has 5 heteroatoms. The summed E-state index contributed by atoms with van der Waals surface area (Å²) in [6.07, 6.45) is 8.82. The van der Waals surface area contributed by atoms with E-state index >= 15 is 0 Å². The fourth-order valence-electron chi connectivity index (χ4n) is 1.49. The lowest BCUT2D eigenvalue weighted by Gasteiger charge is -2.07. The lowest BCUT2D eigenvalue weighted by molar-refractivity contribution is 0.547. The second-order valence-corrected chi connectivity index (χ2v) is 4.36. The van der Waals surface area contributed by atoms with Crippen molar-refractivity contribution in [3.8, 4) is 5.82 Å². The molecule has 2 rings (SSSR count). The quantitative estimate of drug-likeness (QED) is 0.845. The van der Waals surface area contributed by atoms with Crippen LogP contribution in [0.5, 0.6) is 0 Å². The Morgan fingerprint density at radius 3 is 2.88 bits per heavy atom. The highest BCUT2D eigenvalue weighted by Gasteiger charge is 2.01. The smallest absolute Gasteiger partial charge is 0.156 e. The van der Waals surface area contributed by atoms with E-state index in [0.717, 1.165) is 24.6 Å². The summed E-state index contributed by atoms with van der Waals surface area (Å²) in [5, 5.41) is 3.35. The molecule has 5 nitrogen and oxygen atoms in total. The number of rotatable bonds is 5. The minimum absolute atomic E-state index is 0.639. The number of imidazole rings is 1. The van der Waals surface area contributed by atoms with Crippen molar-refractivity contribution >= 4 is 0 Å². The van der Waals surface area contributed by atoms with E-state index in [0.29, 0.717) is 5.92 Å². The summed E-state index contributed by atoms with van der Waals surface area (Å²) >= 11 is 0. The largest absolute Gasteiger partial charge is 0.311 e. The first-order valence-electron chi connectivity index (χ1n) is 5.75. The number of hydrogen-bond donors (Lipinski definition) is 1. The minimum Gasteiger partial charge on any atom is -0.311 e. The number of nitrogens with one attached hydrogen (secondary N) is 1. The zero-order valence-corrected chi connectivity index (χ0v) is 10.2. The third-order valence-corrected chi connectivity index (χ3v) is 2.30. The normalized spacial score (nSPS) is 11.0. The van der Waals surface area contributed by atoms with Gasteiger partial charge in [0.15, 0.2) is 5.82 Å². The van der Waals surface area contributed by atoms with E-state index in [2.05, 4.69) is 34.1 Å². The Balaban J connectivity index is 2.02. The lowest BCUT2D eigenvalue weighted by Crippen LogP contribution is -2.20. The number of hydrogen-bond acceptors (Lipinski definition) is 4. The second kappa shape index (κ2) is 5.54. The summed E-state index contributed by atoms with van der Waals surface area (Å²) in [5.74, 6) is 1.44. The summed E-state index contributed by atoms with van der Waals surface area (Å²) in [6, 6.07) is 0. The Kier molecular flexibility index (Phi) is 3.82. The zero-order chi connectivity index (χ0) is 12.1. The molecule has 0 saturated heterocycles. The van der Waals surface area contributed by atoms with Crippen LogP contribution in [0.3, 0.4) is 0 Å². The van der Waals surface area contributed by atoms with E-state index < -0.39 is 0 Å².